The van der Waals surface area contributed by atoms with Crippen molar-refractivity contribution in [1.82, 2.24) is 19.9 Å². The molecule has 4 rings (SSSR count). The first-order chi connectivity index (χ1) is 12.7. The molecule has 3 heterocycles. The molecule has 1 N–H and O–H groups in total. The summed E-state index contributed by atoms with van der Waals surface area (Å²) in [6.07, 6.45) is 5.85. The number of carbonyl (C=O) groups is 1. The standard InChI is InChI=1S/C20H20N4O2/c1-26-17-6-4-15(5-7-17)18-11-22-20(23-18)16-9-19(25)24(13-16)12-14-3-2-8-21-10-14/h2-8,10-11,16H,9,12-13H2,1H3,(H,22,23). The van der Waals surface area contributed by atoms with Gasteiger partial charge in [-0.1, -0.05) is 6.07 Å². The van der Waals surface area contributed by atoms with Crippen LogP contribution in [0.3, 0.4) is 0 Å². The van der Waals surface area contributed by atoms with Crippen molar-refractivity contribution in [3.8, 4) is 17.0 Å². The van der Waals surface area contributed by atoms with Crippen LogP contribution in [0.25, 0.3) is 11.3 Å². The fraction of sp³-hybridized carbons (Fsp3) is 0.250. The van der Waals surface area contributed by atoms with Gasteiger partial charge >= 0.3 is 0 Å². The molecule has 26 heavy (non-hydrogen) atoms. The van der Waals surface area contributed by atoms with E-state index in [4.69, 9.17) is 4.74 Å². The number of methoxy groups -OCH3 is 1. The van der Waals surface area contributed by atoms with Gasteiger partial charge in [0.05, 0.1) is 19.0 Å². The summed E-state index contributed by atoms with van der Waals surface area (Å²) >= 11 is 0. The van der Waals surface area contributed by atoms with E-state index >= 15 is 0 Å². The summed E-state index contributed by atoms with van der Waals surface area (Å²) in [6.45, 7) is 1.26. The first-order valence-electron chi connectivity index (χ1n) is 8.59. The van der Waals surface area contributed by atoms with Crippen LogP contribution in [0.5, 0.6) is 5.75 Å². The number of benzene rings is 1. The maximum absolute atomic E-state index is 12.4. The van der Waals surface area contributed by atoms with Gasteiger partial charge in [0.2, 0.25) is 5.91 Å². The summed E-state index contributed by atoms with van der Waals surface area (Å²) in [4.78, 5) is 26.2. The minimum Gasteiger partial charge on any atom is -0.497 e. The van der Waals surface area contributed by atoms with Crippen molar-refractivity contribution in [1.29, 1.82) is 0 Å². The summed E-state index contributed by atoms with van der Waals surface area (Å²) in [6, 6.07) is 11.7. The quantitative estimate of drug-likeness (QED) is 0.769. The van der Waals surface area contributed by atoms with Gasteiger partial charge in [-0.25, -0.2) is 4.98 Å². The molecule has 1 aliphatic heterocycles. The highest BCUT2D eigenvalue weighted by Crippen LogP contribution is 2.29. The molecule has 1 unspecified atom stereocenters. The normalized spacial score (nSPS) is 16.9. The fourth-order valence-electron chi connectivity index (χ4n) is 3.28. The minimum absolute atomic E-state index is 0.0890. The summed E-state index contributed by atoms with van der Waals surface area (Å²) in [5.74, 6) is 1.92. The Labute approximate surface area is 151 Å². The zero-order chi connectivity index (χ0) is 17.9. The molecule has 6 heteroatoms. The topological polar surface area (TPSA) is 71.1 Å². The summed E-state index contributed by atoms with van der Waals surface area (Å²) in [7, 11) is 1.65. The van der Waals surface area contributed by atoms with E-state index in [2.05, 4.69) is 15.0 Å². The third kappa shape index (κ3) is 3.31. The predicted molar refractivity (Wildman–Crippen MR) is 97.6 cm³/mol. The number of amides is 1. The van der Waals surface area contributed by atoms with E-state index in [0.29, 0.717) is 19.5 Å². The number of imidazole rings is 1. The second-order valence-corrected chi connectivity index (χ2v) is 6.45. The summed E-state index contributed by atoms with van der Waals surface area (Å²) in [5.41, 5.74) is 3.03. The van der Waals surface area contributed by atoms with Crippen molar-refractivity contribution in [2.24, 2.45) is 0 Å². The van der Waals surface area contributed by atoms with Gasteiger partial charge in [0.15, 0.2) is 0 Å². The SMILES string of the molecule is COc1ccc(-c2cnc(C3CC(=O)N(Cc4cccnc4)C3)[nH]2)cc1. The molecule has 2 aromatic heterocycles. The Bertz CT molecular complexity index is 890. The van der Waals surface area contributed by atoms with Gasteiger partial charge in [0.1, 0.15) is 11.6 Å². The molecule has 1 aromatic carbocycles. The second-order valence-electron chi connectivity index (χ2n) is 6.45. The van der Waals surface area contributed by atoms with E-state index in [-0.39, 0.29) is 11.8 Å². The Morgan fingerprint density at radius 3 is 2.81 bits per heavy atom. The molecule has 1 fully saturated rings. The van der Waals surface area contributed by atoms with Crippen molar-refractivity contribution in [2.75, 3.05) is 13.7 Å². The largest absolute Gasteiger partial charge is 0.497 e. The van der Waals surface area contributed by atoms with Crippen LogP contribution in [0.1, 0.15) is 23.7 Å². The van der Waals surface area contributed by atoms with Gasteiger partial charge in [0, 0.05) is 37.8 Å². The highest BCUT2D eigenvalue weighted by atomic mass is 16.5. The monoisotopic (exact) mass is 348 g/mol. The average Bonchev–Trinajstić information content (AvgIpc) is 3.30. The molecule has 6 nitrogen and oxygen atoms in total. The lowest BCUT2D eigenvalue weighted by Gasteiger charge is -2.15. The Kier molecular flexibility index (Phi) is 4.39. The van der Waals surface area contributed by atoms with Gasteiger partial charge in [-0.2, -0.15) is 0 Å². The van der Waals surface area contributed by atoms with E-state index in [0.717, 1.165) is 28.4 Å². The van der Waals surface area contributed by atoms with Crippen LogP contribution in [-0.4, -0.2) is 39.4 Å². The van der Waals surface area contributed by atoms with Crippen molar-refractivity contribution in [3.63, 3.8) is 0 Å². The molecule has 132 valence electrons. The van der Waals surface area contributed by atoms with Crippen LogP contribution in [-0.2, 0) is 11.3 Å². The van der Waals surface area contributed by atoms with Gasteiger partial charge in [-0.15, -0.1) is 0 Å². The van der Waals surface area contributed by atoms with E-state index in [1.807, 2.05) is 47.5 Å². The number of aromatic amines is 1. The molecule has 1 amide bonds. The van der Waals surface area contributed by atoms with Crippen LogP contribution in [0.4, 0.5) is 0 Å². The predicted octanol–water partition coefficient (Wildman–Crippen LogP) is 3.00. The minimum atomic E-state index is 0.0890. The lowest BCUT2D eigenvalue weighted by molar-refractivity contribution is -0.128. The highest BCUT2D eigenvalue weighted by Gasteiger charge is 2.32. The average molecular weight is 348 g/mol. The fourth-order valence-corrected chi connectivity index (χ4v) is 3.28. The Hall–Kier alpha value is -3.15. The first kappa shape index (κ1) is 16.3. The molecule has 1 aliphatic rings. The van der Waals surface area contributed by atoms with E-state index < -0.39 is 0 Å². The number of nitrogens with zero attached hydrogens (tertiary/aromatic N) is 3. The molecule has 0 radical (unpaired) electrons. The van der Waals surface area contributed by atoms with Crippen molar-refractivity contribution in [3.05, 3.63) is 66.4 Å². The number of nitrogens with one attached hydrogen (secondary N) is 1. The Balaban J connectivity index is 1.46. The van der Waals surface area contributed by atoms with Crippen molar-refractivity contribution < 1.29 is 9.53 Å². The summed E-state index contributed by atoms with van der Waals surface area (Å²) in [5, 5.41) is 0. The van der Waals surface area contributed by atoms with Crippen LogP contribution < -0.4 is 4.74 Å². The zero-order valence-electron chi connectivity index (χ0n) is 14.6. The maximum Gasteiger partial charge on any atom is 0.223 e. The third-order valence-electron chi connectivity index (χ3n) is 4.69. The first-order valence-corrected chi connectivity index (χ1v) is 8.59. The van der Waals surface area contributed by atoms with Gasteiger partial charge < -0.3 is 14.6 Å². The zero-order valence-corrected chi connectivity index (χ0v) is 14.6. The number of hydrogen-bond donors (Lipinski definition) is 1. The van der Waals surface area contributed by atoms with Crippen LogP contribution in [0.2, 0.25) is 0 Å². The number of rotatable bonds is 5. The number of hydrogen-bond acceptors (Lipinski definition) is 4. The number of likely N-dealkylation sites (tertiary alicyclic amines) is 1. The lowest BCUT2D eigenvalue weighted by atomic mass is 10.1. The van der Waals surface area contributed by atoms with Crippen molar-refractivity contribution >= 4 is 5.91 Å². The summed E-state index contributed by atoms with van der Waals surface area (Å²) < 4.78 is 5.19. The second kappa shape index (κ2) is 7.00. The van der Waals surface area contributed by atoms with Crippen LogP contribution in [0.15, 0.2) is 55.0 Å². The van der Waals surface area contributed by atoms with E-state index in [1.165, 1.54) is 0 Å². The molecule has 0 spiro atoms. The molecule has 1 atom stereocenters. The number of aromatic nitrogens is 3. The van der Waals surface area contributed by atoms with Gasteiger partial charge in [-0.3, -0.25) is 9.78 Å². The van der Waals surface area contributed by atoms with Crippen molar-refractivity contribution in [2.45, 2.75) is 18.9 Å². The number of carbonyl (C=O) groups excluding carboxylic acids is 1. The lowest BCUT2D eigenvalue weighted by Crippen LogP contribution is -2.24. The Morgan fingerprint density at radius 1 is 1.23 bits per heavy atom. The Morgan fingerprint density at radius 2 is 2.08 bits per heavy atom. The molecule has 1 saturated heterocycles. The van der Waals surface area contributed by atoms with Gasteiger partial charge in [-0.05, 0) is 41.5 Å². The van der Waals surface area contributed by atoms with E-state index in [1.54, 1.807) is 19.5 Å². The molecule has 3 aromatic rings. The molecular formula is C20H20N4O2. The molecular weight excluding hydrogens is 328 g/mol. The molecule has 0 aliphatic carbocycles. The number of pyridine rings is 1. The number of H-pyrrole nitrogens is 1. The third-order valence-corrected chi connectivity index (χ3v) is 4.69. The smallest absolute Gasteiger partial charge is 0.223 e. The highest BCUT2D eigenvalue weighted by molar-refractivity contribution is 5.79. The molecule has 0 bridgehead atoms. The number of ether oxygens (including phenoxy) is 1. The van der Waals surface area contributed by atoms with Crippen LogP contribution >= 0.6 is 0 Å². The van der Waals surface area contributed by atoms with E-state index in [9.17, 15) is 4.79 Å². The molecule has 0 saturated carbocycles. The maximum atomic E-state index is 12.4. The van der Waals surface area contributed by atoms with Crippen LogP contribution in [0, 0.1) is 0 Å². The van der Waals surface area contributed by atoms with Gasteiger partial charge in [0.25, 0.3) is 0 Å².